The van der Waals surface area contributed by atoms with E-state index < -0.39 is 97.5 Å². The van der Waals surface area contributed by atoms with E-state index in [1.54, 1.807) is 0 Å². The Morgan fingerprint density at radius 3 is 0.756 bits per heavy atom. The highest BCUT2D eigenvalue weighted by Gasteiger charge is 2.30. The van der Waals surface area contributed by atoms with Gasteiger partial charge in [-0.05, 0) is 43.4 Å². The number of phosphoric ester groups is 2. The zero-order valence-corrected chi connectivity index (χ0v) is 60.4. The number of aliphatic hydroxyl groups excluding tert-OH is 1. The number of rotatable bonds is 69. The molecule has 0 radical (unpaired) electrons. The quantitative estimate of drug-likeness (QED) is 0.0222. The van der Waals surface area contributed by atoms with Gasteiger partial charge in [0, 0.05) is 25.7 Å². The summed E-state index contributed by atoms with van der Waals surface area (Å²) < 4.78 is 68.3. The number of unbranched alkanes of at least 4 members (excludes halogenated alkanes) is 37. The molecule has 0 aromatic carbocycles. The molecule has 0 spiro atoms. The number of aliphatic hydroxyl groups is 1. The van der Waals surface area contributed by atoms with Gasteiger partial charge >= 0.3 is 39.5 Å². The van der Waals surface area contributed by atoms with E-state index in [0.717, 1.165) is 108 Å². The zero-order chi connectivity index (χ0) is 66.6. The summed E-state index contributed by atoms with van der Waals surface area (Å²) in [6, 6.07) is 0. The Morgan fingerprint density at radius 1 is 0.300 bits per heavy atom. The van der Waals surface area contributed by atoms with Gasteiger partial charge in [-0.25, -0.2) is 9.13 Å². The monoisotopic (exact) mass is 1320 g/mol. The van der Waals surface area contributed by atoms with Gasteiger partial charge in [-0.2, -0.15) is 0 Å². The SMILES string of the molecule is CCCCCCCCCCCCCC(=O)O[C@H](COC(=O)CCCCCCCCCC(C)C)COP(=O)(O)OC[C@H](O)COP(=O)(O)OC[C@@H](COC(=O)CCCCCCCCCCCCC(C)C)OC(=O)CCCCCCCCCCCCCCCC(C)C. The second-order valence-corrected chi connectivity index (χ2v) is 30.0. The summed E-state index contributed by atoms with van der Waals surface area (Å²) >= 11 is 0. The normalized spacial score (nSPS) is 14.2. The molecule has 0 rings (SSSR count). The van der Waals surface area contributed by atoms with Gasteiger partial charge in [-0.1, -0.05) is 305 Å². The molecule has 0 heterocycles. The standard InChI is InChI=1S/C71H138O17P2/c1-8-9-10-11-12-13-17-25-32-40-47-54-70(75)88-67(59-82-69(74)53-46-39-34-27-30-37-44-51-64(6)7)61-86-90(79,80)84-57-65(72)56-83-89(77,78)85-60-66(58-81-68(73)52-45-38-31-24-21-20-23-29-36-43-50-63(4)5)87-71(76)55-48-41-33-26-19-16-14-15-18-22-28-35-42-49-62(2)3/h62-67,72H,8-61H2,1-7H3,(H,77,78)(H,79,80)/t65-,66-,67-/m1/s1. The first kappa shape index (κ1) is 88.1. The molecule has 3 N–H and O–H groups in total. The number of phosphoric acid groups is 2. The average Bonchev–Trinajstić information content (AvgIpc) is 3.71. The minimum absolute atomic E-state index is 0.106. The lowest BCUT2D eigenvalue weighted by atomic mass is 10.0. The van der Waals surface area contributed by atoms with E-state index in [1.807, 2.05) is 0 Å². The summed E-state index contributed by atoms with van der Waals surface area (Å²) in [5.41, 5.74) is 0. The minimum atomic E-state index is -4.95. The van der Waals surface area contributed by atoms with Gasteiger partial charge in [0.15, 0.2) is 12.2 Å². The predicted molar refractivity (Wildman–Crippen MR) is 363 cm³/mol. The van der Waals surface area contributed by atoms with Crippen LogP contribution < -0.4 is 0 Å². The lowest BCUT2D eigenvalue weighted by Gasteiger charge is -2.21. The van der Waals surface area contributed by atoms with E-state index in [1.165, 1.54) is 161 Å². The van der Waals surface area contributed by atoms with E-state index >= 15 is 0 Å². The van der Waals surface area contributed by atoms with Gasteiger partial charge in [0.2, 0.25) is 0 Å². The molecule has 90 heavy (non-hydrogen) atoms. The summed E-state index contributed by atoms with van der Waals surface area (Å²) in [6.45, 7) is 11.8. The molecule has 0 aliphatic carbocycles. The Labute approximate surface area is 549 Å². The minimum Gasteiger partial charge on any atom is -0.462 e. The third-order valence-corrected chi connectivity index (χ3v) is 18.3. The first-order valence-electron chi connectivity index (χ1n) is 36.8. The summed E-state index contributed by atoms with van der Waals surface area (Å²) in [5.74, 6) is 0.126. The van der Waals surface area contributed by atoms with Crippen molar-refractivity contribution < 1.29 is 80.2 Å². The third-order valence-electron chi connectivity index (χ3n) is 16.4. The third kappa shape index (κ3) is 64.8. The maximum Gasteiger partial charge on any atom is 0.472 e. The van der Waals surface area contributed by atoms with Crippen LogP contribution in [0.15, 0.2) is 0 Å². The van der Waals surface area contributed by atoms with Crippen LogP contribution in [0, 0.1) is 17.8 Å². The number of hydrogen-bond acceptors (Lipinski definition) is 15. The Bertz CT molecular complexity index is 1770. The van der Waals surface area contributed by atoms with Crippen molar-refractivity contribution in [3.8, 4) is 0 Å². The summed E-state index contributed by atoms with van der Waals surface area (Å²) in [7, 11) is -9.90. The lowest BCUT2D eigenvalue weighted by Crippen LogP contribution is -2.30. The number of carbonyl (C=O) groups is 4. The molecule has 0 fully saturated rings. The van der Waals surface area contributed by atoms with E-state index in [9.17, 15) is 43.2 Å². The van der Waals surface area contributed by atoms with E-state index in [0.29, 0.717) is 31.6 Å². The number of hydrogen-bond donors (Lipinski definition) is 3. The van der Waals surface area contributed by atoms with Crippen LogP contribution in [0.5, 0.6) is 0 Å². The van der Waals surface area contributed by atoms with Crippen molar-refractivity contribution in [3.63, 3.8) is 0 Å². The highest BCUT2D eigenvalue weighted by atomic mass is 31.2. The molecule has 0 aromatic heterocycles. The van der Waals surface area contributed by atoms with Crippen molar-refractivity contribution >= 4 is 39.5 Å². The topological polar surface area (TPSA) is 237 Å². The van der Waals surface area contributed by atoms with E-state index in [4.69, 9.17) is 37.0 Å². The van der Waals surface area contributed by atoms with Crippen LogP contribution in [0.4, 0.5) is 0 Å². The zero-order valence-electron chi connectivity index (χ0n) is 58.6. The average molecular weight is 1330 g/mol. The van der Waals surface area contributed by atoms with Crippen LogP contribution in [-0.2, 0) is 65.4 Å². The van der Waals surface area contributed by atoms with Gasteiger partial charge in [-0.3, -0.25) is 37.3 Å². The maximum absolute atomic E-state index is 13.0. The Kier molecular flexibility index (Phi) is 60.6. The van der Waals surface area contributed by atoms with Crippen molar-refractivity contribution in [1.29, 1.82) is 0 Å². The first-order chi connectivity index (χ1) is 43.2. The molecule has 0 aromatic rings. The Balaban J connectivity index is 5.25. The van der Waals surface area contributed by atoms with Crippen LogP contribution in [0.3, 0.4) is 0 Å². The molecule has 0 aliphatic rings. The largest absolute Gasteiger partial charge is 0.472 e. The van der Waals surface area contributed by atoms with Gasteiger partial charge in [-0.15, -0.1) is 0 Å². The number of ether oxygens (including phenoxy) is 4. The lowest BCUT2D eigenvalue weighted by molar-refractivity contribution is -0.161. The second kappa shape index (κ2) is 61.9. The van der Waals surface area contributed by atoms with E-state index in [2.05, 4.69) is 48.5 Å². The Morgan fingerprint density at radius 2 is 0.511 bits per heavy atom. The highest BCUT2D eigenvalue weighted by molar-refractivity contribution is 7.47. The molecule has 534 valence electrons. The van der Waals surface area contributed by atoms with Crippen molar-refractivity contribution in [2.24, 2.45) is 17.8 Å². The van der Waals surface area contributed by atoms with Crippen molar-refractivity contribution in [3.05, 3.63) is 0 Å². The fourth-order valence-electron chi connectivity index (χ4n) is 10.7. The molecule has 5 atom stereocenters. The van der Waals surface area contributed by atoms with Crippen molar-refractivity contribution in [2.45, 2.75) is 375 Å². The van der Waals surface area contributed by atoms with Crippen molar-refractivity contribution in [2.75, 3.05) is 39.6 Å². The van der Waals surface area contributed by atoms with E-state index in [-0.39, 0.29) is 25.7 Å². The van der Waals surface area contributed by atoms with Crippen LogP contribution in [0.1, 0.15) is 357 Å². The first-order valence-corrected chi connectivity index (χ1v) is 39.8. The van der Waals surface area contributed by atoms with Crippen LogP contribution >= 0.6 is 15.6 Å². The molecule has 0 bridgehead atoms. The maximum atomic E-state index is 13.0. The molecule has 0 aliphatic heterocycles. The molecule has 0 saturated heterocycles. The molecule has 17 nitrogen and oxygen atoms in total. The summed E-state index contributed by atoms with van der Waals surface area (Å²) in [5, 5.41) is 10.6. The molecular formula is C71H138O17P2. The molecule has 2 unspecified atom stereocenters. The van der Waals surface area contributed by atoms with Gasteiger partial charge < -0.3 is 33.8 Å². The molecule has 0 saturated carbocycles. The van der Waals surface area contributed by atoms with Gasteiger partial charge in [0.05, 0.1) is 26.4 Å². The van der Waals surface area contributed by atoms with Crippen molar-refractivity contribution in [1.82, 2.24) is 0 Å². The van der Waals surface area contributed by atoms with Crippen LogP contribution in [-0.4, -0.2) is 96.7 Å². The summed E-state index contributed by atoms with van der Waals surface area (Å²) in [4.78, 5) is 72.6. The van der Waals surface area contributed by atoms with Gasteiger partial charge in [0.25, 0.3) is 0 Å². The molecule has 19 heteroatoms. The molecular weight excluding hydrogens is 1190 g/mol. The fourth-order valence-corrected chi connectivity index (χ4v) is 12.3. The molecule has 0 amide bonds. The fraction of sp³-hybridized carbons (Fsp3) is 0.944. The number of carbonyl (C=O) groups excluding carboxylic acids is 4. The van der Waals surface area contributed by atoms with Crippen LogP contribution in [0.25, 0.3) is 0 Å². The number of esters is 4. The van der Waals surface area contributed by atoms with Gasteiger partial charge in [0.1, 0.15) is 19.3 Å². The highest BCUT2D eigenvalue weighted by Crippen LogP contribution is 2.45. The summed E-state index contributed by atoms with van der Waals surface area (Å²) in [6.07, 6.45) is 45.8. The second-order valence-electron chi connectivity index (χ2n) is 27.1. The predicted octanol–water partition coefficient (Wildman–Crippen LogP) is 20.2. The smallest absolute Gasteiger partial charge is 0.462 e. The Hall–Kier alpha value is -1.94. The van der Waals surface area contributed by atoms with Crippen LogP contribution in [0.2, 0.25) is 0 Å².